The van der Waals surface area contributed by atoms with Crippen molar-refractivity contribution in [2.45, 2.75) is 31.3 Å². The van der Waals surface area contributed by atoms with E-state index in [2.05, 4.69) is 9.88 Å². The minimum Gasteiger partial charge on any atom is -0.384 e. The summed E-state index contributed by atoms with van der Waals surface area (Å²) in [6.07, 6.45) is 3.48. The fraction of sp³-hybridized carbons (Fsp3) is 0.588. The fourth-order valence-electron chi connectivity index (χ4n) is 3.26. The maximum absolute atomic E-state index is 11.9. The molecular formula is C17H23N3O3. The Hall–Kier alpha value is -1.95. The molecule has 0 spiro atoms. The molecule has 6 heteroatoms. The van der Waals surface area contributed by atoms with Crippen molar-refractivity contribution in [3.05, 3.63) is 24.0 Å². The predicted octanol–water partition coefficient (Wildman–Crippen LogP) is 0.937. The summed E-state index contributed by atoms with van der Waals surface area (Å²) in [7, 11) is 3.55. The molecule has 1 N–H and O–H groups in total. The van der Waals surface area contributed by atoms with E-state index in [9.17, 15) is 14.7 Å². The van der Waals surface area contributed by atoms with Crippen LogP contribution in [0.2, 0.25) is 0 Å². The van der Waals surface area contributed by atoms with Crippen molar-refractivity contribution < 1.29 is 14.7 Å². The summed E-state index contributed by atoms with van der Waals surface area (Å²) in [5.74, 6) is 0.425. The Morgan fingerprint density at radius 1 is 1.30 bits per heavy atom. The molecule has 0 radical (unpaired) electrons. The van der Waals surface area contributed by atoms with Gasteiger partial charge >= 0.3 is 0 Å². The number of anilines is 1. The summed E-state index contributed by atoms with van der Waals surface area (Å²) < 4.78 is 0. The average Bonchev–Trinajstić information content (AvgIpc) is 2.49. The van der Waals surface area contributed by atoms with Crippen LogP contribution < -0.4 is 4.90 Å². The Bertz CT molecular complexity index is 596. The second-order valence-electron chi connectivity index (χ2n) is 6.81. The lowest BCUT2D eigenvalue weighted by Gasteiger charge is -2.41. The van der Waals surface area contributed by atoms with Gasteiger partial charge in [-0.15, -0.1) is 0 Å². The quantitative estimate of drug-likeness (QED) is 0.898. The van der Waals surface area contributed by atoms with Gasteiger partial charge < -0.3 is 14.9 Å². The average molecular weight is 317 g/mol. The number of amides is 1. The number of nitrogens with zero attached hydrogens (tertiary/aromatic N) is 3. The van der Waals surface area contributed by atoms with Gasteiger partial charge in [0, 0.05) is 40.0 Å². The van der Waals surface area contributed by atoms with E-state index < -0.39 is 5.60 Å². The zero-order chi connectivity index (χ0) is 16.6. The number of aliphatic hydroxyl groups is 1. The molecule has 1 amide bonds. The topological polar surface area (TPSA) is 73.7 Å². The minimum atomic E-state index is -0.981. The third-order valence-corrected chi connectivity index (χ3v) is 4.90. The Morgan fingerprint density at radius 3 is 2.48 bits per heavy atom. The monoisotopic (exact) mass is 317 g/mol. The summed E-state index contributed by atoms with van der Waals surface area (Å²) in [6.45, 7) is 1.41. The van der Waals surface area contributed by atoms with E-state index in [-0.39, 0.29) is 17.6 Å². The van der Waals surface area contributed by atoms with Crippen molar-refractivity contribution >= 4 is 17.4 Å². The SMILES string of the molecule is CN(C)C(=O)C1CN(c2ccc(C3(O)CCC(=O)CC3)nc2)C1. The molecule has 23 heavy (non-hydrogen) atoms. The first-order chi connectivity index (χ1) is 10.9. The summed E-state index contributed by atoms with van der Waals surface area (Å²) in [5, 5.41) is 10.7. The maximum Gasteiger partial charge on any atom is 0.228 e. The van der Waals surface area contributed by atoms with Gasteiger partial charge in [0.15, 0.2) is 0 Å². The summed E-state index contributed by atoms with van der Waals surface area (Å²) >= 11 is 0. The maximum atomic E-state index is 11.9. The number of carbonyl (C=O) groups is 2. The van der Waals surface area contributed by atoms with Crippen LogP contribution in [0.5, 0.6) is 0 Å². The van der Waals surface area contributed by atoms with E-state index in [1.54, 1.807) is 25.2 Å². The van der Waals surface area contributed by atoms with Crippen LogP contribution in [-0.2, 0) is 15.2 Å². The molecule has 0 aromatic carbocycles. The Morgan fingerprint density at radius 2 is 1.96 bits per heavy atom. The van der Waals surface area contributed by atoms with Gasteiger partial charge in [-0.05, 0) is 25.0 Å². The van der Waals surface area contributed by atoms with Crippen LogP contribution in [0.4, 0.5) is 5.69 Å². The van der Waals surface area contributed by atoms with Gasteiger partial charge in [-0.25, -0.2) is 0 Å². The first kappa shape index (κ1) is 15.9. The van der Waals surface area contributed by atoms with E-state index in [4.69, 9.17) is 0 Å². The van der Waals surface area contributed by atoms with E-state index in [0.29, 0.717) is 44.5 Å². The number of Topliss-reactive ketones (excluding diaryl/α,β-unsaturated/α-hetero) is 1. The third-order valence-electron chi connectivity index (χ3n) is 4.90. The Labute approximate surface area is 136 Å². The first-order valence-corrected chi connectivity index (χ1v) is 8.06. The molecule has 6 nitrogen and oxygen atoms in total. The van der Waals surface area contributed by atoms with Crippen molar-refractivity contribution in [2.75, 3.05) is 32.1 Å². The van der Waals surface area contributed by atoms with Crippen molar-refractivity contribution in [1.82, 2.24) is 9.88 Å². The van der Waals surface area contributed by atoms with Crippen LogP contribution >= 0.6 is 0 Å². The molecule has 0 bridgehead atoms. The fourth-order valence-corrected chi connectivity index (χ4v) is 3.26. The van der Waals surface area contributed by atoms with Crippen molar-refractivity contribution in [2.24, 2.45) is 5.92 Å². The van der Waals surface area contributed by atoms with E-state index >= 15 is 0 Å². The highest BCUT2D eigenvalue weighted by Crippen LogP contribution is 2.35. The summed E-state index contributed by atoms with van der Waals surface area (Å²) in [4.78, 5) is 31.3. The van der Waals surface area contributed by atoms with Crippen LogP contribution in [0.3, 0.4) is 0 Å². The smallest absolute Gasteiger partial charge is 0.228 e. The Kier molecular flexibility index (Phi) is 4.10. The molecule has 2 heterocycles. The molecule has 2 aliphatic rings. The van der Waals surface area contributed by atoms with Gasteiger partial charge in [-0.3, -0.25) is 14.6 Å². The molecule has 1 aromatic heterocycles. The second kappa shape index (κ2) is 5.92. The van der Waals surface area contributed by atoms with E-state index in [1.165, 1.54) is 0 Å². The highest BCUT2D eigenvalue weighted by Gasteiger charge is 2.36. The Balaban J connectivity index is 1.63. The number of aromatic nitrogens is 1. The first-order valence-electron chi connectivity index (χ1n) is 8.06. The van der Waals surface area contributed by atoms with Crippen LogP contribution in [0, 0.1) is 5.92 Å². The number of ketones is 1. The molecule has 2 fully saturated rings. The standard InChI is InChI=1S/C17H23N3O3/c1-19(2)16(22)12-10-20(11-12)13-3-4-15(18-9-13)17(23)7-5-14(21)6-8-17/h3-4,9,12,23H,5-8,10-11H2,1-2H3. The van der Waals surface area contributed by atoms with Crippen molar-refractivity contribution in [3.8, 4) is 0 Å². The molecule has 1 aliphatic heterocycles. The van der Waals surface area contributed by atoms with Gasteiger partial charge in [0.05, 0.1) is 23.5 Å². The third kappa shape index (κ3) is 3.08. The summed E-state index contributed by atoms with van der Waals surface area (Å²) in [6, 6.07) is 3.78. The lowest BCUT2D eigenvalue weighted by atomic mass is 9.81. The normalized spacial score (nSPS) is 21.0. The zero-order valence-corrected chi connectivity index (χ0v) is 13.7. The molecule has 0 atom stereocenters. The molecule has 1 saturated carbocycles. The highest BCUT2D eigenvalue weighted by molar-refractivity contribution is 5.81. The van der Waals surface area contributed by atoms with Gasteiger partial charge in [0.25, 0.3) is 0 Å². The van der Waals surface area contributed by atoms with Crippen LogP contribution in [0.25, 0.3) is 0 Å². The molecule has 0 unspecified atom stereocenters. The lowest BCUT2D eigenvalue weighted by Crippen LogP contribution is -2.53. The van der Waals surface area contributed by atoms with Crippen molar-refractivity contribution in [1.29, 1.82) is 0 Å². The number of pyridine rings is 1. The van der Waals surface area contributed by atoms with Gasteiger partial charge in [0.1, 0.15) is 11.4 Å². The van der Waals surface area contributed by atoms with Gasteiger partial charge in [-0.1, -0.05) is 0 Å². The van der Waals surface area contributed by atoms with E-state index in [1.807, 2.05) is 12.1 Å². The molecule has 1 aliphatic carbocycles. The zero-order valence-electron chi connectivity index (χ0n) is 13.7. The summed E-state index contributed by atoms with van der Waals surface area (Å²) in [5.41, 5.74) is 0.618. The number of hydrogen-bond donors (Lipinski definition) is 1. The number of carbonyl (C=O) groups excluding carboxylic acids is 2. The molecule has 1 aromatic rings. The van der Waals surface area contributed by atoms with Crippen LogP contribution in [0.15, 0.2) is 18.3 Å². The molecule has 3 rings (SSSR count). The highest BCUT2D eigenvalue weighted by atomic mass is 16.3. The second-order valence-corrected chi connectivity index (χ2v) is 6.81. The molecule has 1 saturated heterocycles. The largest absolute Gasteiger partial charge is 0.384 e. The van der Waals surface area contributed by atoms with E-state index in [0.717, 1.165) is 5.69 Å². The molecular weight excluding hydrogens is 294 g/mol. The van der Waals surface area contributed by atoms with Crippen molar-refractivity contribution in [3.63, 3.8) is 0 Å². The number of rotatable bonds is 3. The lowest BCUT2D eigenvalue weighted by molar-refractivity contribution is -0.133. The number of hydrogen-bond acceptors (Lipinski definition) is 5. The van der Waals surface area contributed by atoms with Crippen LogP contribution in [-0.4, -0.2) is 53.9 Å². The minimum absolute atomic E-state index is 0.0539. The van der Waals surface area contributed by atoms with Gasteiger partial charge in [0.2, 0.25) is 5.91 Å². The predicted molar refractivity (Wildman–Crippen MR) is 86.0 cm³/mol. The van der Waals surface area contributed by atoms with Crippen LogP contribution in [0.1, 0.15) is 31.4 Å². The van der Waals surface area contributed by atoms with Gasteiger partial charge in [-0.2, -0.15) is 0 Å². The molecule has 124 valence electrons.